The summed E-state index contributed by atoms with van der Waals surface area (Å²) in [4.78, 5) is 53.2. The molecule has 3 aliphatic rings. The highest BCUT2D eigenvalue weighted by molar-refractivity contribution is 6.01. The molecule has 0 spiro atoms. The second-order valence-electron chi connectivity index (χ2n) is 12.1. The number of fused-ring (bicyclic) bond motifs is 2. The van der Waals surface area contributed by atoms with E-state index in [9.17, 15) is 14.4 Å². The first kappa shape index (κ1) is 28.6. The maximum absolute atomic E-state index is 15.5. The lowest BCUT2D eigenvalue weighted by molar-refractivity contribution is -0.146. The lowest BCUT2D eigenvalue weighted by Gasteiger charge is -2.36. The van der Waals surface area contributed by atoms with E-state index in [1.165, 1.54) is 18.1 Å². The topological polar surface area (TPSA) is 110 Å². The summed E-state index contributed by atoms with van der Waals surface area (Å²) in [7, 11) is 1.27. The van der Waals surface area contributed by atoms with Gasteiger partial charge in [0, 0.05) is 55.1 Å². The smallest absolute Gasteiger partial charge is 0.410 e. The molecule has 1 aromatic carbocycles. The van der Waals surface area contributed by atoms with Gasteiger partial charge in [-0.15, -0.1) is 0 Å². The summed E-state index contributed by atoms with van der Waals surface area (Å²) in [6, 6.07) is 5.64. The van der Waals surface area contributed by atoms with Crippen LogP contribution in [0.25, 0.3) is 11.3 Å². The largest absolute Gasteiger partial charge is 0.467 e. The Kier molecular flexibility index (Phi) is 7.31. The highest BCUT2D eigenvalue weighted by Crippen LogP contribution is 2.37. The maximum Gasteiger partial charge on any atom is 0.410 e. The molecule has 0 N–H and O–H groups in total. The molecular formula is C31H35FN6O5. The van der Waals surface area contributed by atoms with Crippen molar-refractivity contribution in [1.29, 1.82) is 0 Å². The fourth-order valence-corrected chi connectivity index (χ4v) is 5.99. The number of piperazine rings is 1. The van der Waals surface area contributed by atoms with Crippen molar-refractivity contribution < 1.29 is 28.2 Å². The minimum atomic E-state index is -1.06. The summed E-state index contributed by atoms with van der Waals surface area (Å²) in [5.74, 6) is -1.60. The third-order valence-corrected chi connectivity index (χ3v) is 8.14. The predicted octanol–water partition coefficient (Wildman–Crippen LogP) is 3.96. The number of carbonyl (C=O) groups excluding carboxylic acids is 3. The molecule has 0 bridgehead atoms. The normalized spacial score (nSPS) is 17.1. The zero-order valence-electron chi connectivity index (χ0n) is 24.8. The monoisotopic (exact) mass is 590 g/mol. The summed E-state index contributed by atoms with van der Waals surface area (Å²) >= 11 is 0. The van der Waals surface area contributed by atoms with E-state index in [-0.39, 0.29) is 23.8 Å². The molecule has 11 nitrogen and oxygen atoms in total. The zero-order chi connectivity index (χ0) is 30.5. The molecule has 0 radical (unpaired) electrons. The summed E-state index contributed by atoms with van der Waals surface area (Å²) < 4.78 is 28.0. The molecule has 2 amide bonds. The second kappa shape index (κ2) is 11.0. The van der Waals surface area contributed by atoms with E-state index < -0.39 is 29.3 Å². The molecule has 12 heteroatoms. The summed E-state index contributed by atoms with van der Waals surface area (Å²) in [5, 5.41) is 0. The Bertz CT molecular complexity index is 1570. The fourth-order valence-electron chi connectivity index (χ4n) is 5.99. The number of carbonyl (C=O) groups is 3. The van der Waals surface area contributed by atoms with Gasteiger partial charge in [-0.3, -0.25) is 9.78 Å². The van der Waals surface area contributed by atoms with Crippen molar-refractivity contribution in [3.8, 4) is 11.3 Å². The molecule has 3 aromatic rings. The van der Waals surface area contributed by atoms with Crippen molar-refractivity contribution in [1.82, 2.24) is 24.3 Å². The molecule has 1 saturated heterocycles. The van der Waals surface area contributed by atoms with Gasteiger partial charge in [0.15, 0.2) is 6.04 Å². The van der Waals surface area contributed by atoms with Gasteiger partial charge in [-0.1, -0.05) is 0 Å². The molecule has 3 aliphatic heterocycles. The first-order chi connectivity index (χ1) is 20.5. The van der Waals surface area contributed by atoms with Crippen LogP contribution in [0.4, 0.5) is 14.9 Å². The van der Waals surface area contributed by atoms with E-state index in [0.29, 0.717) is 43.1 Å². The van der Waals surface area contributed by atoms with Gasteiger partial charge in [-0.2, -0.15) is 0 Å². The molecule has 2 aromatic heterocycles. The van der Waals surface area contributed by atoms with Gasteiger partial charge in [-0.25, -0.2) is 19.0 Å². The number of ether oxygens (including phenoxy) is 2. The minimum absolute atomic E-state index is 0.0615. The third-order valence-electron chi connectivity index (χ3n) is 8.14. The van der Waals surface area contributed by atoms with Crippen molar-refractivity contribution in [2.75, 3.05) is 38.2 Å². The average molecular weight is 591 g/mol. The van der Waals surface area contributed by atoms with Crippen LogP contribution in [-0.2, 0) is 33.8 Å². The average Bonchev–Trinajstić information content (AvgIpc) is 3.69. The number of aromatic nitrogens is 3. The highest BCUT2D eigenvalue weighted by atomic mass is 19.1. The van der Waals surface area contributed by atoms with Crippen LogP contribution >= 0.6 is 0 Å². The van der Waals surface area contributed by atoms with E-state index in [1.807, 2.05) is 31.4 Å². The summed E-state index contributed by atoms with van der Waals surface area (Å²) in [6.07, 6.45) is 4.75. The Morgan fingerprint density at radius 1 is 1.05 bits per heavy atom. The molecule has 5 heterocycles. The first-order valence-electron chi connectivity index (χ1n) is 14.5. The van der Waals surface area contributed by atoms with Crippen LogP contribution in [-0.4, -0.2) is 81.2 Å². The van der Waals surface area contributed by atoms with Crippen LogP contribution in [0.1, 0.15) is 60.5 Å². The van der Waals surface area contributed by atoms with Crippen molar-refractivity contribution in [2.45, 2.75) is 58.3 Å². The van der Waals surface area contributed by atoms with Gasteiger partial charge in [0.25, 0.3) is 5.91 Å². The number of rotatable bonds is 5. The lowest BCUT2D eigenvalue weighted by Crippen LogP contribution is -2.50. The Morgan fingerprint density at radius 2 is 1.81 bits per heavy atom. The van der Waals surface area contributed by atoms with Crippen LogP contribution in [0.2, 0.25) is 0 Å². The number of esters is 1. The number of hydrogen-bond acceptors (Lipinski definition) is 8. The molecule has 1 fully saturated rings. The van der Waals surface area contributed by atoms with Crippen molar-refractivity contribution in [3.05, 3.63) is 65.1 Å². The number of hydrogen-bond donors (Lipinski definition) is 0. The zero-order valence-corrected chi connectivity index (χ0v) is 24.8. The van der Waals surface area contributed by atoms with Crippen LogP contribution in [0.5, 0.6) is 0 Å². The van der Waals surface area contributed by atoms with E-state index >= 15 is 4.39 Å². The van der Waals surface area contributed by atoms with Gasteiger partial charge in [-0.05, 0) is 57.9 Å². The maximum atomic E-state index is 15.5. The van der Waals surface area contributed by atoms with Gasteiger partial charge >= 0.3 is 12.1 Å². The summed E-state index contributed by atoms with van der Waals surface area (Å²) in [5.41, 5.74) is 3.13. The second-order valence-corrected chi connectivity index (χ2v) is 12.1. The number of anilines is 1. The van der Waals surface area contributed by atoms with Crippen molar-refractivity contribution in [2.24, 2.45) is 0 Å². The number of halogens is 1. The van der Waals surface area contributed by atoms with Gasteiger partial charge < -0.3 is 28.7 Å². The number of amides is 2. The Hall–Kier alpha value is -4.48. The van der Waals surface area contributed by atoms with E-state index in [2.05, 4.69) is 14.9 Å². The number of aryl methyl sites for hydroxylation is 1. The number of pyridine rings is 1. The van der Waals surface area contributed by atoms with Crippen LogP contribution in [0, 0.1) is 5.82 Å². The fraction of sp³-hybridized carbons (Fsp3) is 0.452. The number of methoxy groups -OCH3 is 1. The van der Waals surface area contributed by atoms with Crippen molar-refractivity contribution >= 4 is 23.7 Å². The van der Waals surface area contributed by atoms with Crippen LogP contribution < -0.4 is 4.90 Å². The molecule has 43 heavy (non-hydrogen) atoms. The molecule has 226 valence electrons. The highest BCUT2D eigenvalue weighted by Gasteiger charge is 2.42. The SMILES string of the molecule is COC(=O)C(c1ncn2c1CCC2)N1Cc2c(F)cc(-c3ccc(N4CCN(C(=O)OC(C)(C)C)CC4)cn3)cc2C1=O. The first-order valence-corrected chi connectivity index (χ1v) is 14.5. The molecule has 1 atom stereocenters. The minimum Gasteiger partial charge on any atom is -0.467 e. The van der Waals surface area contributed by atoms with Crippen LogP contribution in [0.3, 0.4) is 0 Å². The van der Waals surface area contributed by atoms with E-state index in [1.54, 1.807) is 29.6 Å². The van der Waals surface area contributed by atoms with Gasteiger partial charge in [0.2, 0.25) is 0 Å². The molecule has 0 saturated carbocycles. The number of imidazole rings is 1. The molecule has 0 aliphatic carbocycles. The van der Waals surface area contributed by atoms with Crippen molar-refractivity contribution in [3.63, 3.8) is 0 Å². The van der Waals surface area contributed by atoms with E-state index in [4.69, 9.17) is 9.47 Å². The molecule has 1 unspecified atom stereocenters. The predicted molar refractivity (Wildman–Crippen MR) is 155 cm³/mol. The molecule has 6 rings (SSSR count). The number of nitrogens with zero attached hydrogens (tertiary/aromatic N) is 6. The summed E-state index contributed by atoms with van der Waals surface area (Å²) in [6.45, 7) is 8.58. The standard InChI is InChI=1S/C31H35FN6O5/c1-31(2,3)43-30(41)36-12-10-35(11-13-36)20-7-8-24(33-16-20)19-14-21-22(23(32)15-19)17-38(28(21)39)27(29(40)42-4)26-25-6-5-9-37(25)18-34-26/h7-8,14-16,18,27H,5-6,9-13,17H2,1-4H3. The van der Waals surface area contributed by atoms with E-state index in [0.717, 1.165) is 30.8 Å². The third kappa shape index (κ3) is 5.41. The number of benzene rings is 1. The van der Waals surface area contributed by atoms with Gasteiger partial charge in [0.05, 0.1) is 43.3 Å². The quantitative estimate of drug-likeness (QED) is 0.411. The molecular weight excluding hydrogens is 555 g/mol. The van der Waals surface area contributed by atoms with Gasteiger partial charge in [0.1, 0.15) is 11.4 Å². The Labute approximate surface area is 249 Å². The Morgan fingerprint density at radius 3 is 2.49 bits per heavy atom. The lowest BCUT2D eigenvalue weighted by atomic mass is 10.0. The Balaban J connectivity index is 1.19. The van der Waals surface area contributed by atoms with Crippen LogP contribution in [0.15, 0.2) is 36.8 Å².